The first-order valence-corrected chi connectivity index (χ1v) is 19.3. The molecule has 10 heteroatoms. The molecule has 6 nitrogen and oxygen atoms in total. The standard InChI is InChI=1S/C42H28O6S4/c1-23-11-3-7-15-27(23)49-31-19-21-33(51-29-17-9-5-13-25(29)41(45)46)37-35(31)39(43)38-34(52-30-18-10-6-14-26(30)42(47)48)22-20-32(36(38)40(37)44)50-28-16-8-4-12-24(28)2/h3-22H,1-2H3,(H,45,46)(H,47,48). The van der Waals surface area contributed by atoms with E-state index >= 15 is 9.59 Å². The number of hydrogen-bond donors (Lipinski definition) is 2. The molecule has 0 saturated heterocycles. The van der Waals surface area contributed by atoms with E-state index in [4.69, 9.17) is 0 Å². The van der Waals surface area contributed by atoms with Crippen molar-refractivity contribution in [2.75, 3.05) is 0 Å². The summed E-state index contributed by atoms with van der Waals surface area (Å²) in [6, 6.07) is 36.0. The molecule has 0 aliphatic heterocycles. The van der Waals surface area contributed by atoms with Crippen LogP contribution in [0.25, 0.3) is 0 Å². The van der Waals surface area contributed by atoms with E-state index in [1.54, 1.807) is 48.5 Å². The zero-order valence-corrected chi connectivity index (χ0v) is 31.0. The number of aromatic carboxylic acids is 2. The fourth-order valence-electron chi connectivity index (χ4n) is 5.90. The summed E-state index contributed by atoms with van der Waals surface area (Å²) >= 11 is 5.06. The maximum absolute atomic E-state index is 15.2. The lowest BCUT2D eigenvalue weighted by Crippen LogP contribution is -2.24. The molecule has 0 atom stereocenters. The Kier molecular flexibility index (Phi) is 10.2. The highest BCUT2D eigenvalue weighted by Crippen LogP contribution is 2.49. The van der Waals surface area contributed by atoms with Crippen molar-refractivity contribution >= 4 is 70.6 Å². The fraction of sp³-hybridized carbons (Fsp3) is 0.0476. The van der Waals surface area contributed by atoms with Gasteiger partial charge in [-0.05, 0) is 85.6 Å². The van der Waals surface area contributed by atoms with Crippen molar-refractivity contribution < 1.29 is 29.4 Å². The molecular weight excluding hydrogens is 729 g/mol. The summed E-state index contributed by atoms with van der Waals surface area (Å²) in [5, 5.41) is 19.9. The van der Waals surface area contributed by atoms with Crippen LogP contribution in [0.3, 0.4) is 0 Å². The number of carbonyl (C=O) groups is 4. The van der Waals surface area contributed by atoms with E-state index in [2.05, 4.69) is 0 Å². The molecular formula is C42H28O6S4. The number of ketones is 2. The van der Waals surface area contributed by atoms with Gasteiger partial charge in [0.05, 0.1) is 11.1 Å². The lowest BCUT2D eigenvalue weighted by Gasteiger charge is -2.26. The average molecular weight is 757 g/mol. The summed E-state index contributed by atoms with van der Waals surface area (Å²) in [5.74, 6) is -2.93. The molecule has 0 radical (unpaired) electrons. The fourth-order valence-corrected chi connectivity index (χ4v) is 10.2. The van der Waals surface area contributed by atoms with Gasteiger partial charge in [-0.15, -0.1) is 0 Å². The summed E-state index contributed by atoms with van der Waals surface area (Å²) in [5.41, 5.74) is 3.06. The average Bonchev–Trinajstić information content (AvgIpc) is 3.13. The molecule has 1 aliphatic rings. The van der Waals surface area contributed by atoms with Gasteiger partial charge in [-0.3, -0.25) is 9.59 Å². The van der Waals surface area contributed by atoms with Crippen LogP contribution in [0, 0.1) is 13.8 Å². The molecule has 0 saturated carbocycles. The van der Waals surface area contributed by atoms with E-state index in [1.807, 2.05) is 74.5 Å². The highest BCUT2D eigenvalue weighted by Gasteiger charge is 2.38. The van der Waals surface area contributed by atoms with Crippen molar-refractivity contribution in [3.8, 4) is 0 Å². The van der Waals surface area contributed by atoms with E-state index in [0.29, 0.717) is 29.4 Å². The van der Waals surface area contributed by atoms with Crippen molar-refractivity contribution in [2.24, 2.45) is 0 Å². The number of fused-ring (bicyclic) bond motifs is 2. The van der Waals surface area contributed by atoms with Gasteiger partial charge in [-0.2, -0.15) is 0 Å². The molecule has 2 N–H and O–H groups in total. The molecule has 0 amide bonds. The molecule has 0 aromatic heterocycles. The Hall–Kier alpha value is -5.00. The molecule has 256 valence electrons. The number of rotatable bonds is 10. The molecule has 7 rings (SSSR count). The van der Waals surface area contributed by atoms with Gasteiger partial charge in [-0.25, -0.2) is 9.59 Å². The van der Waals surface area contributed by atoms with E-state index in [1.165, 1.54) is 35.7 Å². The maximum atomic E-state index is 15.2. The molecule has 52 heavy (non-hydrogen) atoms. The second kappa shape index (κ2) is 14.9. The van der Waals surface area contributed by atoms with Crippen LogP contribution in [0.1, 0.15) is 63.7 Å². The predicted octanol–water partition coefficient (Wildman–Crippen LogP) is 11.1. The lowest BCUT2D eigenvalue weighted by atomic mass is 9.84. The SMILES string of the molecule is Cc1ccccc1Sc1ccc(Sc2ccccc2C(=O)O)c2c1C(=O)c1c(Sc3ccccc3C(=O)O)ccc(Sc3ccccc3C)c1C2=O. The first-order valence-electron chi connectivity index (χ1n) is 16.0. The molecule has 0 fully saturated rings. The van der Waals surface area contributed by atoms with Crippen molar-refractivity contribution in [2.45, 2.75) is 53.0 Å². The van der Waals surface area contributed by atoms with Crippen molar-refractivity contribution in [1.82, 2.24) is 0 Å². The largest absolute Gasteiger partial charge is 0.478 e. The van der Waals surface area contributed by atoms with Crippen LogP contribution in [0.2, 0.25) is 0 Å². The van der Waals surface area contributed by atoms with E-state index < -0.39 is 11.9 Å². The minimum absolute atomic E-state index is 0.0844. The summed E-state index contributed by atoms with van der Waals surface area (Å²) in [7, 11) is 0. The van der Waals surface area contributed by atoms with Gasteiger partial charge in [0.1, 0.15) is 0 Å². The first-order chi connectivity index (χ1) is 25.1. The van der Waals surface area contributed by atoms with Crippen LogP contribution < -0.4 is 0 Å². The van der Waals surface area contributed by atoms with Crippen LogP contribution in [-0.2, 0) is 0 Å². The Morgan fingerprint density at radius 3 is 0.962 bits per heavy atom. The summed E-state index contributed by atoms with van der Waals surface area (Å²) in [4.78, 5) is 59.6. The maximum Gasteiger partial charge on any atom is 0.336 e. The Bertz CT molecular complexity index is 2280. The van der Waals surface area contributed by atoms with Crippen LogP contribution in [0.15, 0.2) is 160 Å². The van der Waals surface area contributed by atoms with Gasteiger partial charge in [0, 0.05) is 61.4 Å². The first kappa shape index (κ1) is 35.4. The van der Waals surface area contributed by atoms with Crippen LogP contribution >= 0.6 is 47.0 Å². The number of benzene rings is 6. The van der Waals surface area contributed by atoms with E-state index in [0.717, 1.165) is 44.4 Å². The van der Waals surface area contributed by atoms with Crippen LogP contribution in [0.5, 0.6) is 0 Å². The smallest absolute Gasteiger partial charge is 0.336 e. The summed E-state index contributed by atoms with van der Waals surface area (Å²) < 4.78 is 0. The van der Waals surface area contributed by atoms with Crippen molar-refractivity contribution in [1.29, 1.82) is 0 Å². The quantitative estimate of drug-likeness (QED) is 0.140. The molecule has 6 aromatic carbocycles. The van der Waals surface area contributed by atoms with Gasteiger partial charge >= 0.3 is 11.9 Å². The van der Waals surface area contributed by atoms with Crippen molar-refractivity contribution in [3.63, 3.8) is 0 Å². The number of aryl methyl sites for hydroxylation is 2. The zero-order valence-electron chi connectivity index (χ0n) is 27.7. The van der Waals surface area contributed by atoms with Crippen molar-refractivity contribution in [3.05, 3.63) is 166 Å². The van der Waals surface area contributed by atoms with Gasteiger partial charge in [0.25, 0.3) is 0 Å². The molecule has 1 aliphatic carbocycles. The number of carboxylic acids is 2. The van der Waals surface area contributed by atoms with Crippen LogP contribution in [-0.4, -0.2) is 33.7 Å². The summed E-state index contributed by atoms with van der Waals surface area (Å²) in [6.45, 7) is 3.96. The number of carboxylic acid groups (broad SMARTS) is 2. The van der Waals surface area contributed by atoms with Gasteiger partial charge in [0.2, 0.25) is 0 Å². The third-order valence-electron chi connectivity index (χ3n) is 8.47. The Morgan fingerprint density at radius 2 is 0.654 bits per heavy atom. The Morgan fingerprint density at radius 1 is 0.385 bits per heavy atom. The monoisotopic (exact) mass is 756 g/mol. The molecule has 0 heterocycles. The number of hydrogen-bond acceptors (Lipinski definition) is 8. The van der Waals surface area contributed by atoms with Gasteiger partial charge in [-0.1, -0.05) is 108 Å². The normalized spacial score (nSPS) is 12.0. The van der Waals surface area contributed by atoms with Crippen LogP contribution in [0.4, 0.5) is 0 Å². The topological polar surface area (TPSA) is 109 Å². The molecule has 0 unspecified atom stereocenters. The zero-order chi connectivity index (χ0) is 36.5. The lowest BCUT2D eigenvalue weighted by molar-refractivity contribution is 0.0682. The third-order valence-corrected chi connectivity index (χ3v) is 13.2. The third kappa shape index (κ3) is 6.82. The highest BCUT2D eigenvalue weighted by molar-refractivity contribution is 8.00. The Labute approximate surface area is 317 Å². The van der Waals surface area contributed by atoms with E-state index in [-0.39, 0.29) is 44.9 Å². The Balaban J connectivity index is 1.47. The second-order valence-electron chi connectivity index (χ2n) is 11.8. The van der Waals surface area contributed by atoms with Gasteiger partial charge < -0.3 is 10.2 Å². The predicted molar refractivity (Wildman–Crippen MR) is 205 cm³/mol. The minimum Gasteiger partial charge on any atom is -0.478 e. The van der Waals surface area contributed by atoms with E-state index in [9.17, 15) is 19.8 Å². The molecule has 0 bridgehead atoms. The number of carbonyl (C=O) groups excluding carboxylic acids is 2. The minimum atomic E-state index is -1.10. The highest BCUT2D eigenvalue weighted by atomic mass is 32.2. The molecule has 6 aromatic rings. The molecule has 0 spiro atoms. The second-order valence-corrected chi connectivity index (χ2v) is 16.2. The summed E-state index contributed by atoms with van der Waals surface area (Å²) in [6.07, 6.45) is 0. The van der Waals surface area contributed by atoms with Gasteiger partial charge in [0.15, 0.2) is 11.6 Å².